The summed E-state index contributed by atoms with van der Waals surface area (Å²) in [7, 11) is -3.14. The lowest BCUT2D eigenvalue weighted by Gasteiger charge is -2.33. The molecule has 1 aromatic carbocycles. The average Bonchev–Trinajstić information content (AvgIpc) is 2.55. The molecule has 0 radical (unpaired) electrons. The number of carbonyl (C=O) groups excluding carboxylic acids is 1. The second-order valence-electron chi connectivity index (χ2n) is 6.59. The van der Waals surface area contributed by atoms with E-state index in [0.29, 0.717) is 39.1 Å². The lowest BCUT2D eigenvalue weighted by Crippen LogP contribution is -2.50. The summed E-state index contributed by atoms with van der Waals surface area (Å²) in [6.45, 7) is 8.46. The van der Waals surface area contributed by atoms with Crippen molar-refractivity contribution in [1.29, 1.82) is 0 Å². The molecule has 0 bridgehead atoms. The van der Waals surface area contributed by atoms with Crippen molar-refractivity contribution in [2.24, 2.45) is 0 Å². The van der Waals surface area contributed by atoms with Gasteiger partial charge in [-0.2, -0.15) is 4.31 Å². The topological polar surface area (TPSA) is 57.7 Å². The SMILES string of the molecule is CCCCS(=O)(=O)N1CCN(CC(=O)c2cc(C)ccc2C)CC1. The van der Waals surface area contributed by atoms with Gasteiger partial charge in [0.15, 0.2) is 5.78 Å². The number of nitrogens with zero attached hydrogens (tertiary/aromatic N) is 2. The van der Waals surface area contributed by atoms with Crippen molar-refractivity contribution in [3.63, 3.8) is 0 Å². The number of hydrogen-bond donors (Lipinski definition) is 0. The maximum Gasteiger partial charge on any atom is 0.214 e. The van der Waals surface area contributed by atoms with E-state index in [4.69, 9.17) is 0 Å². The van der Waals surface area contributed by atoms with Crippen molar-refractivity contribution >= 4 is 15.8 Å². The average molecular weight is 353 g/mol. The Balaban J connectivity index is 1.91. The van der Waals surface area contributed by atoms with Crippen LogP contribution in [0, 0.1) is 13.8 Å². The van der Waals surface area contributed by atoms with Gasteiger partial charge < -0.3 is 0 Å². The molecule has 5 nitrogen and oxygen atoms in total. The van der Waals surface area contributed by atoms with Crippen LogP contribution in [-0.4, -0.2) is 61.9 Å². The van der Waals surface area contributed by atoms with Crippen LogP contribution in [0.1, 0.15) is 41.3 Å². The van der Waals surface area contributed by atoms with E-state index in [1.54, 1.807) is 4.31 Å². The summed E-state index contributed by atoms with van der Waals surface area (Å²) in [4.78, 5) is 14.6. The highest BCUT2D eigenvalue weighted by Crippen LogP contribution is 2.14. The molecule has 0 saturated carbocycles. The molecular formula is C18H28N2O3S. The molecule has 0 amide bonds. The van der Waals surface area contributed by atoms with Gasteiger partial charge >= 0.3 is 0 Å². The zero-order valence-corrected chi connectivity index (χ0v) is 15.7. The number of sulfonamides is 1. The third-order valence-corrected chi connectivity index (χ3v) is 6.50. The Morgan fingerprint density at radius 2 is 1.79 bits per heavy atom. The monoisotopic (exact) mass is 352 g/mol. The summed E-state index contributed by atoms with van der Waals surface area (Å²) in [6.07, 6.45) is 1.58. The lowest BCUT2D eigenvalue weighted by molar-refractivity contribution is 0.0901. The molecule has 0 N–H and O–H groups in total. The zero-order chi connectivity index (χ0) is 17.7. The highest BCUT2D eigenvalue weighted by atomic mass is 32.2. The third-order valence-electron chi connectivity index (χ3n) is 4.54. The first-order chi connectivity index (χ1) is 11.3. The maximum absolute atomic E-state index is 12.5. The first kappa shape index (κ1) is 19.1. The summed E-state index contributed by atoms with van der Waals surface area (Å²) in [5.74, 6) is 0.337. The minimum atomic E-state index is -3.14. The highest BCUT2D eigenvalue weighted by Gasteiger charge is 2.27. The number of Topliss-reactive ketones (excluding diaryl/α,β-unsaturated/α-hetero) is 1. The number of ketones is 1. The second kappa shape index (κ2) is 8.23. The largest absolute Gasteiger partial charge is 0.293 e. The molecule has 134 valence electrons. The molecule has 0 spiro atoms. The van der Waals surface area contributed by atoms with Crippen LogP contribution in [0.2, 0.25) is 0 Å². The summed E-state index contributed by atoms with van der Waals surface area (Å²) >= 11 is 0. The van der Waals surface area contributed by atoms with Gasteiger partial charge in [-0.25, -0.2) is 8.42 Å². The van der Waals surface area contributed by atoms with Gasteiger partial charge in [-0.1, -0.05) is 31.0 Å². The first-order valence-electron chi connectivity index (χ1n) is 8.64. The quantitative estimate of drug-likeness (QED) is 0.706. The summed E-state index contributed by atoms with van der Waals surface area (Å²) in [5.41, 5.74) is 2.84. The summed E-state index contributed by atoms with van der Waals surface area (Å²) in [5, 5.41) is 0. The first-order valence-corrected chi connectivity index (χ1v) is 10.2. The molecule has 0 aliphatic carbocycles. The Morgan fingerprint density at radius 1 is 1.12 bits per heavy atom. The summed E-state index contributed by atoms with van der Waals surface area (Å²) < 4.78 is 26.0. The molecule has 2 rings (SSSR count). The number of piperazine rings is 1. The molecular weight excluding hydrogens is 324 g/mol. The van der Waals surface area contributed by atoms with Crippen LogP contribution in [0.5, 0.6) is 0 Å². The van der Waals surface area contributed by atoms with Crippen molar-refractivity contribution in [3.05, 3.63) is 34.9 Å². The Kier molecular flexibility index (Phi) is 6.54. The van der Waals surface area contributed by atoms with E-state index >= 15 is 0 Å². The van der Waals surface area contributed by atoms with Crippen LogP contribution in [0.3, 0.4) is 0 Å². The molecule has 24 heavy (non-hydrogen) atoms. The van der Waals surface area contributed by atoms with Crippen molar-refractivity contribution < 1.29 is 13.2 Å². The Morgan fingerprint density at radius 3 is 2.42 bits per heavy atom. The van der Waals surface area contributed by atoms with E-state index in [1.165, 1.54) is 0 Å². The fourth-order valence-electron chi connectivity index (χ4n) is 2.95. The molecule has 1 heterocycles. The van der Waals surface area contributed by atoms with Gasteiger partial charge in [-0.15, -0.1) is 0 Å². The second-order valence-corrected chi connectivity index (χ2v) is 8.67. The lowest BCUT2D eigenvalue weighted by atomic mass is 10.0. The molecule has 0 unspecified atom stereocenters. The van der Waals surface area contributed by atoms with Gasteiger partial charge in [0, 0.05) is 31.7 Å². The van der Waals surface area contributed by atoms with Crippen molar-refractivity contribution in [2.75, 3.05) is 38.5 Å². The molecule has 1 aliphatic rings. The number of unbranched alkanes of at least 4 members (excludes halogenated alkanes) is 1. The molecule has 0 atom stereocenters. The van der Waals surface area contributed by atoms with Crippen molar-refractivity contribution in [1.82, 2.24) is 9.21 Å². The Labute approximate surface area is 145 Å². The number of benzene rings is 1. The normalized spacial score (nSPS) is 17.1. The van der Waals surface area contributed by atoms with E-state index in [9.17, 15) is 13.2 Å². The minimum absolute atomic E-state index is 0.110. The van der Waals surface area contributed by atoms with Gasteiger partial charge in [0.1, 0.15) is 0 Å². The van der Waals surface area contributed by atoms with E-state index in [-0.39, 0.29) is 11.5 Å². The van der Waals surface area contributed by atoms with Crippen LogP contribution in [-0.2, 0) is 10.0 Å². The minimum Gasteiger partial charge on any atom is -0.293 e. The van der Waals surface area contributed by atoms with Crippen molar-refractivity contribution in [3.8, 4) is 0 Å². The van der Waals surface area contributed by atoms with E-state index < -0.39 is 10.0 Å². The van der Waals surface area contributed by atoms with Crippen LogP contribution >= 0.6 is 0 Å². The fourth-order valence-corrected chi connectivity index (χ4v) is 4.58. The zero-order valence-electron chi connectivity index (χ0n) is 14.9. The number of hydrogen-bond acceptors (Lipinski definition) is 4. The van der Waals surface area contributed by atoms with Gasteiger partial charge in [0.25, 0.3) is 0 Å². The molecule has 1 aliphatic heterocycles. The van der Waals surface area contributed by atoms with E-state index in [1.807, 2.05) is 39.0 Å². The predicted octanol–water partition coefficient (Wildman–Crippen LogP) is 2.23. The van der Waals surface area contributed by atoms with Gasteiger partial charge in [-0.3, -0.25) is 9.69 Å². The van der Waals surface area contributed by atoms with Gasteiger partial charge in [-0.05, 0) is 31.9 Å². The van der Waals surface area contributed by atoms with Crippen LogP contribution in [0.25, 0.3) is 0 Å². The predicted molar refractivity (Wildman–Crippen MR) is 97.0 cm³/mol. The number of carbonyl (C=O) groups is 1. The molecule has 1 aromatic rings. The molecule has 1 saturated heterocycles. The maximum atomic E-state index is 12.5. The van der Waals surface area contributed by atoms with Gasteiger partial charge in [0.2, 0.25) is 10.0 Å². The highest BCUT2D eigenvalue weighted by molar-refractivity contribution is 7.89. The third kappa shape index (κ3) is 4.88. The molecule has 6 heteroatoms. The van der Waals surface area contributed by atoms with Gasteiger partial charge in [0.05, 0.1) is 12.3 Å². The number of rotatable bonds is 7. The van der Waals surface area contributed by atoms with Crippen LogP contribution < -0.4 is 0 Å². The number of aryl methyl sites for hydroxylation is 2. The Bertz CT molecular complexity index is 678. The fraction of sp³-hybridized carbons (Fsp3) is 0.611. The smallest absolute Gasteiger partial charge is 0.214 e. The van der Waals surface area contributed by atoms with Crippen molar-refractivity contribution in [2.45, 2.75) is 33.6 Å². The van der Waals surface area contributed by atoms with E-state index in [0.717, 1.165) is 23.1 Å². The molecule has 0 aromatic heterocycles. The molecule has 1 fully saturated rings. The van der Waals surface area contributed by atoms with Crippen LogP contribution in [0.15, 0.2) is 18.2 Å². The van der Waals surface area contributed by atoms with E-state index in [2.05, 4.69) is 4.90 Å². The Hall–Kier alpha value is -1.24. The standard InChI is InChI=1S/C18H28N2O3S/c1-4-5-12-24(22,23)20-10-8-19(9-11-20)14-18(21)17-13-15(2)6-7-16(17)3/h6-7,13H,4-5,8-12,14H2,1-3H3. The van der Waals surface area contributed by atoms with Crippen LogP contribution in [0.4, 0.5) is 0 Å². The summed E-state index contributed by atoms with van der Waals surface area (Å²) in [6, 6.07) is 5.91.